The van der Waals surface area contributed by atoms with Crippen LogP contribution in [0.1, 0.15) is 25.7 Å². The van der Waals surface area contributed by atoms with Crippen LogP contribution in [0.3, 0.4) is 0 Å². The normalized spacial score (nSPS) is 23.4. The lowest BCUT2D eigenvalue weighted by Crippen LogP contribution is -2.38. The van der Waals surface area contributed by atoms with Crippen LogP contribution in [0.5, 0.6) is 0 Å². The zero-order chi connectivity index (χ0) is 10.7. The lowest BCUT2D eigenvalue weighted by molar-refractivity contribution is -0.137. The molecule has 1 aliphatic carbocycles. The summed E-state index contributed by atoms with van der Waals surface area (Å²) in [7, 11) is 0. The minimum atomic E-state index is -0.963. The molecule has 0 aromatic rings. The summed E-state index contributed by atoms with van der Waals surface area (Å²) in [6.45, 7) is 0. The molecule has 0 radical (unpaired) electrons. The van der Waals surface area contributed by atoms with Crippen LogP contribution >= 0.6 is 0 Å². The first-order chi connectivity index (χ1) is 6.66. The number of carbonyl (C=O) groups is 4. The summed E-state index contributed by atoms with van der Waals surface area (Å²) in [6.07, 6.45) is 3.65. The van der Waals surface area contributed by atoms with E-state index in [1.165, 1.54) is 0 Å². The Morgan fingerprint density at radius 1 is 0.571 bits per heavy atom. The molecule has 1 saturated carbocycles. The van der Waals surface area contributed by atoms with Crippen molar-refractivity contribution in [3.63, 3.8) is 0 Å². The van der Waals surface area contributed by atoms with E-state index < -0.39 is 10.8 Å². The minimum Gasteiger partial charge on any atom is -0.302 e. The van der Waals surface area contributed by atoms with Gasteiger partial charge in [-0.25, -0.2) is 0 Å². The molecule has 0 atom stereocenters. The molecule has 1 rings (SSSR count). The highest BCUT2D eigenvalue weighted by Gasteiger charge is 2.42. The van der Waals surface area contributed by atoms with Gasteiger partial charge in [-0.3, -0.25) is 0 Å². The predicted octanol–water partition coefficient (Wildman–Crippen LogP) is 0.329. The summed E-state index contributed by atoms with van der Waals surface area (Å²) in [5.41, 5.74) is -1.93. The van der Waals surface area contributed by atoms with Gasteiger partial charge in [0.05, 0.1) is 10.8 Å². The van der Waals surface area contributed by atoms with Crippen LogP contribution in [0.4, 0.5) is 0 Å². The lowest BCUT2D eigenvalue weighted by atomic mass is 9.66. The quantitative estimate of drug-likeness (QED) is 0.480. The monoisotopic (exact) mass is 196 g/mol. The van der Waals surface area contributed by atoms with E-state index in [4.69, 9.17) is 0 Å². The molecule has 0 bridgehead atoms. The van der Waals surface area contributed by atoms with Gasteiger partial charge in [-0.05, 0) is 25.7 Å². The van der Waals surface area contributed by atoms with E-state index in [-0.39, 0.29) is 25.7 Å². The molecule has 0 saturated heterocycles. The molecule has 0 aromatic heterocycles. The molecular weight excluding hydrogens is 184 g/mol. The van der Waals surface area contributed by atoms with Gasteiger partial charge in [0, 0.05) is 0 Å². The molecule has 4 heteroatoms. The molecular formula is C10H12O4. The Hall–Kier alpha value is -1.32. The van der Waals surface area contributed by atoms with Gasteiger partial charge in [0.2, 0.25) is 0 Å². The third-order valence-electron chi connectivity index (χ3n) is 3.05. The van der Waals surface area contributed by atoms with E-state index >= 15 is 0 Å². The second-order valence-corrected chi connectivity index (χ2v) is 3.94. The maximum Gasteiger partial charge on any atom is 0.133 e. The van der Waals surface area contributed by atoms with Crippen LogP contribution in [0.2, 0.25) is 0 Å². The van der Waals surface area contributed by atoms with Crippen molar-refractivity contribution in [1.82, 2.24) is 0 Å². The van der Waals surface area contributed by atoms with Gasteiger partial charge in [-0.1, -0.05) is 0 Å². The van der Waals surface area contributed by atoms with Crippen LogP contribution in [0.15, 0.2) is 0 Å². The number of carbonyl (C=O) groups excluding carboxylic acids is 4. The molecule has 1 fully saturated rings. The Morgan fingerprint density at radius 3 is 0.929 bits per heavy atom. The molecule has 0 heterocycles. The summed E-state index contributed by atoms with van der Waals surface area (Å²) >= 11 is 0. The summed E-state index contributed by atoms with van der Waals surface area (Å²) in [5, 5.41) is 0. The molecule has 0 amide bonds. The third-order valence-corrected chi connectivity index (χ3v) is 3.05. The van der Waals surface area contributed by atoms with Crippen LogP contribution < -0.4 is 0 Å². The summed E-state index contributed by atoms with van der Waals surface area (Å²) < 4.78 is 0. The molecule has 0 spiro atoms. The largest absolute Gasteiger partial charge is 0.302 e. The number of rotatable bonds is 4. The Labute approximate surface area is 81.7 Å². The summed E-state index contributed by atoms with van der Waals surface area (Å²) in [5.74, 6) is 0. The molecule has 14 heavy (non-hydrogen) atoms. The van der Waals surface area contributed by atoms with Crippen molar-refractivity contribution in [3.05, 3.63) is 0 Å². The molecule has 0 N–H and O–H groups in total. The molecule has 0 aromatic carbocycles. The second-order valence-electron chi connectivity index (χ2n) is 3.94. The van der Waals surface area contributed by atoms with Crippen molar-refractivity contribution in [3.8, 4) is 0 Å². The highest BCUT2D eigenvalue weighted by molar-refractivity contribution is 5.87. The van der Waals surface area contributed by atoms with Crippen molar-refractivity contribution < 1.29 is 19.2 Å². The number of hydrogen-bond donors (Lipinski definition) is 0. The molecule has 0 aliphatic heterocycles. The van der Waals surface area contributed by atoms with Crippen molar-refractivity contribution in [2.75, 3.05) is 0 Å². The second kappa shape index (κ2) is 3.82. The molecule has 76 valence electrons. The first kappa shape index (κ1) is 10.8. The van der Waals surface area contributed by atoms with Crippen molar-refractivity contribution in [1.29, 1.82) is 0 Å². The van der Waals surface area contributed by atoms with Gasteiger partial charge in [-0.15, -0.1) is 0 Å². The SMILES string of the molecule is O=CC1(C=O)CCC(C=O)(C=O)CC1. The van der Waals surface area contributed by atoms with E-state index in [0.29, 0.717) is 25.1 Å². The standard InChI is InChI=1S/C10H12O4/c11-5-9(6-12)1-2-10(7-13,8-14)4-3-9/h5-8H,1-4H2. The van der Waals surface area contributed by atoms with E-state index in [0.717, 1.165) is 0 Å². The minimum absolute atomic E-state index is 0.289. The first-order valence-corrected chi connectivity index (χ1v) is 4.51. The third kappa shape index (κ3) is 1.64. The summed E-state index contributed by atoms with van der Waals surface area (Å²) in [6, 6.07) is 0. The predicted molar refractivity (Wildman–Crippen MR) is 47.6 cm³/mol. The van der Waals surface area contributed by atoms with Crippen molar-refractivity contribution >= 4 is 25.1 Å². The average Bonchev–Trinajstić information content (AvgIpc) is 2.29. The Balaban J connectivity index is 2.78. The fourth-order valence-corrected chi connectivity index (χ4v) is 1.71. The highest BCUT2D eigenvalue weighted by atomic mass is 16.1. The van der Waals surface area contributed by atoms with E-state index in [2.05, 4.69) is 0 Å². The molecule has 0 unspecified atom stereocenters. The summed E-state index contributed by atoms with van der Waals surface area (Å²) in [4.78, 5) is 42.8. The van der Waals surface area contributed by atoms with E-state index in [1.807, 2.05) is 0 Å². The number of hydrogen-bond acceptors (Lipinski definition) is 4. The van der Waals surface area contributed by atoms with E-state index in [9.17, 15) is 19.2 Å². The van der Waals surface area contributed by atoms with Crippen LogP contribution in [-0.2, 0) is 19.2 Å². The van der Waals surface area contributed by atoms with Gasteiger partial charge in [0.25, 0.3) is 0 Å². The maximum absolute atomic E-state index is 10.7. The zero-order valence-electron chi connectivity index (χ0n) is 7.77. The van der Waals surface area contributed by atoms with Crippen LogP contribution in [0, 0.1) is 10.8 Å². The number of aldehydes is 4. The van der Waals surface area contributed by atoms with Gasteiger partial charge < -0.3 is 19.2 Å². The molecule has 4 nitrogen and oxygen atoms in total. The average molecular weight is 196 g/mol. The Morgan fingerprint density at radius 2 is 0.786 bits per heavy atom. The van der Waals surface area contributed by atoms with Crippen LogP contribution in [-0.4, -0.2) is 25.1 Å². The van der Waals surface area contributed by atoms with Gasteiger partial charge in [-0.2, -0.15) is 0 Å². The Bertz CT molecular complexity index is 213. The van der Waals surface area contributed by atoms with E-state index in [1.54, 1.807) is 0 Å². The highest BCUT2D eigenvalue weighted by Crippen LogP contribution is 2.41. The zero-order valence-corrected chi connectivity index (χ0v) is 7.77. The van der Waals surface area contributed by atoms with Crippen LogP contribution in [0.25, 0.3) is 0 Å². The van der Waals surface area contributed by atoms with Gasteiger partial charge in [0.1, 0.15) is 25.1 Å². The maximum atomic E-state index is 10.7. The smallest absolute Gasteiger partial charge is 0.133 e. The van der Waals surface area contributed by atoms with Crippen molar-refractivity contribution in [2.45, 2.75) is 25.7 Å². The van der Waals surface area contributed by atoms with Crippen molar-refractivity contribution in [2.24, 2.45) is 10.8 Å². The fraction of sp³-hybridized carbons (Fsp3) is 0.600. The Kier molecular flexibility index (Phi) is 2.93. The van der Waals surface area contributed by atoms with Gasteiger partial charge in [0.15, 0.2) is 0 Å². The molecule has 1 aliphatic rings. The lowest BCUT2D eigenvalue weighted by Gasteiger charge is -2.34. The first-order valence-electron chi connectivity index (χ1n) is 4.51. The topological polar surface area (TPSA) is 68.3 Å². The fourth-order valence-electron chi connectivity index (χ4n) is 1.71. The van der Waals surface area contributed by atoms with Gasteiger partial charge >= 0.3 is 0 Å².